The van der Waals surface area contributed by atoms with Gasteiger partial charge in [0.15, 0.2) is 0 Å². The lowest BCUT2D eigenvalue weighted by Crippen LogP contribution is -2.47. The average Bonchev–Trinajstić information content (AvgIpc) is 3.49. The van der Waals surface area contributed by atoms with E-state index in [9.17, 15) is 9.18 Å². The van der Waals surface area contributed by atoms with E-state index in [1.54, 1.807) is 17.0 Å². The number of benzene rings is 2. The van der Waals surface area contributed by atoms with E-state index in [2.05, 4.69) is 10.2 Å². The van der Waals surface area contributed by atoms with Crippen LogP contribution in [-0.2, 0) is 5.41 Å². The molecule has 4 nitrogen and oxygen atoms in total. The molecule has 5 rings (SSSR count). The highest BCUT2D eigenvalue weighted by molar-refractivity contribution is 6.03. The van der Waals surface area contributed by atoms with Crippen LogP contribution in [-0.4, -0.2) is 36.6 Å². The van der Waals surface area contributed by atoms with Gasteiger partial charge < -0.3 is 10.2 Å². The van der Waals surface area contributed by atoms with Crippen molar-refractivity contribution >= 4 is 17.4 Å². The average molecular weight is 379 g/mol. The minimum absolute atomic E-state index is 0.132. The Bertz CT molecular complexity index is 899. The number of carbonyl (C=O) groups excluding carboxylic acids is 1. The first-order valence-electron chi connectivity index (χ1n) is 10.2. The normalized spacial score (nSPS) is 21.0. The van der Waals surface area contributed by atoms with Crippen molar-refractivity contribution in [2.75, 3.05) is 29.9 Å². The van der Waals surface area contributed by atoms with Crippen LogP contribution >= 0.6 is 0 Å². The molecule has 2 fully saturated rings. The molecule has 2 aliphatic heterocycles. The van der Waals surface area contributed by atoms with Gasteiger partial charge in [0.05, 0.1) is 0 Å². The number of aryl methyl sites for hydroxylation is 1. The van der Waals surface area contributed by atoms with E-state index >= 15 is 0 Å². The summed E-state index contributed by atoms with van der Waals surface area (Å²) in [6.45, 7) is 4.72. The number of hydrogen-bond acceptors (Lipinski definition) is 2. The molecule has 28 heavy (non-hydrogen) atoms. The quantitative estimate of drug-likeness (QED) is 0.822. The minimum atomic E-state index is -0.219. The van der Waals surface area contributed by atoms with Gasteiger partial charge in [-0.1, -0.05) is 17.7 Å². The maximum atomic E-state index is 14.1. The Kier molecular flexibility index (Phi) is 4.16. The smallest absolute Gasteiger partial charge is 0.308 e. The van der Waals surface area contributed by atoms with Crippen LogP contribution in [0, 0.1) is 12.7 Å². The lowest BCUT2D eigenvalue weighted by atomic mass is 9.74. The van der Waals surface area contributed by atoms with Gasteiger partial charge in [0, 0.05) is 29.4 Å². The van der Waals surface area contributed by atoms with Gasteiger partial charge in [-0.05, 0) is 81.6 Å². The molecule has 1 spiro atoms. The summed E-state index contributed by atoms with van der Waals surface area (Å²) in [6.07, 6.45) is 4.58. The number of anilines is 2. The number of nitrogens with one attached hydrogen (secondary N) is 1. The van der Waals surface area contributed by atoms with Gasteiger partial charge in [0.25, 0.3) is 0 Å². The van der Waals surface area contributed by atoms with Crippen LogP contribution in [0.3, 0.4) is 0 Å². The van der Waals surface area contributed by atoms with E-state index in [0.29, 0.717) is 6.54 Å². The number of nitrogens with zero attached hydrogens (tertiary/aromatic N) is 2. The van der Waals surface area contributed by atoms with Gasteiger partial charge in [0.1, 0.15) is 5.82 Å². The first kappa shape index (κ1) is 17.7. The Hall–Kier alpha value is -2.40. The topological polar surface area (TPSA) is 35.6 Å². The fourth-order valence-electron chi connectivity index (χ4n) is 4.83. The molecule has 1 saturated heterocycles. The van der Waals surface area contributed by atoms with Crippen LogP contribution in [0.25, 0.3) is 0 Å². The first-order chi connectivity index (χ1) is 13.5. The fourth-order valence-corrected chi connectivity index (χ4v) is 4.83. The summed E-state index contributed by atoms with van der Waals surface area (Å²) < 4.78 is 14.1. The van der Waals surface area contributed by atoms with Gasteiger partial charge in [-0.3, -0.25) is 4.90 Å². The van der Waals surface area contributed by atoms with Crippen molar-refractivity contribution in [1.29, 1.82) is 0 Å². The number of piperidine rings is 1. The molecule has 0 aromatic heterocycles. The lowest BCUT2D eigenvalue weighted by molar-refractivity contribution is 0.159. The van der Waals surface area contributed by atoms with Gasteiger partial charge in [-0.15, -0.1) is 0 Å². The third-order valence-corrected chi connectivity index (χ3v) is 6.65. The Morgan fingerprint density at radius 3 is 2.50 bits per heavy atom. The maximum Gasteiger partial charge on any atom is 0.326 e. The standard InChI is InChI=1S/C23H26FN3O/c1-16-2-5-18(6-3-16)25-22(28)27-15-23(20-14-17(24)4-9-21(20)27)10-12-26(13-11-23)19-7-8-19/h2-6,9,14,19H,7-8,10-13,15H2,1H3,(H,25,28). The second-order valence-corrected chi connectivity index (χ2v) is 8.59. The molecule has 1 saturated carbocycles. The number of hydrogen-bond donors (Lipinski definition) is 1. The summed E-state index contributed by atoms with van der Waals surface area (Å²) in [5.41, 5.74) is 3.66. The first-order valence-corrected chi connectivity index (χ1v) is 10.2. The monoisotopic (exact) mass is 379 g/mol. The number of fused-ring (bicyclic) bond motifs is 2. The highest BCUT2D eigenvalue weighted by Gasteiger charge is 2.48. The second-order valence-electron chi connectivity index (χ2n) is 8.59. The van der Waals surface area contributed by atoms with Crippen molar-refractivity contribution in [3.05, 3.63) is 59.4 Å². The number of likely N-dealkylation sites (tertiary alicyclic amines) is 1. The third-order valence-electron chi connectivity index (χ3n) is 6.65. The number of carbonyl (C=O) groups is 1. The fraction of sp³-hybridized carbons (Fsp3) is 0.435. The predicted molar refractivity (Wildman–Crippen MR) is 109 cm³/mol. The van der Waals surface area contributed by atoms with Gasteiger partial charge in [-0.2, -0.15) is 0 Å². The molecular formula is C23H26FN3O. The molecule has 0 atom stereocenters. The minimum Gasteiger partial charge on any atom is -0.308 e. The Balaban J connectivity index is 1.41. The van der Waals surface area contributed by atoms with Gasteiger partial charge in [0.2, 0.25) is 0 Å². The van der Waals surface area contributed by atoms with E-state index in [4.69, 9.17) is 0 Å². The Morgan fingerprint density at radius 1 is 1.11 bits per heavy atom. The van der Waals surface area contributed by atoms with Crippen molar-refractivity contribution in [2.24, 2.45) is 0 Å². The molecule has 1 aliphatic carbocycles. The Labute approximate surface area is 165 Å². The molecule has 0 bridgehead atoms. The summed E-state index contributed by atoms with van der Waals surface area (Å²) in [7, 11) is 0. The molecule has 0 radical (unpaired) electrons. The highest BCUT2D eigenvalue weighted by atomic mass is 19.1. The van der Waals surface area contributed by atoms with Crippen LogP contribution < -0.4 is 10.2 Å². The van der Waals surface area contributed by atoms with Crippen LogP contribution in [0.5, 0.6) is 0 Å². The summed E-state index contributed by atoms with van der Waals surface area (Å²) in [4.78, 5) is 17.4. The SMILES string of the molecule is Cc1ccc(NC(=O)N2CC3(CCN(C4CC4)CC3)c3cc(F)ccc32)cc1. The van der Waals surface area contributed by atoms with Gasteiger partial charge in [-0.25, -0.2) is 9.18 Å². The summed E-state index contributed by atoms with van der Waals surface area (Å²) >= 11 is 0. The molecule has 2 amide bonds. The molecular weight excluding hydrogens is 353 g/mol. The zero-order chi connectivity index (χ0) is 19.3. The molecule has 3 aliphatic rings. The number of rotatable bonds is 2. The number of urea groups is 1. The van der Waals surface area contributed by atoms with Crippen molar-refractivity contribution < 1.29 is 9.18 Å². The number of halogens is 1. The summed E-state index contributed by atoms with van der Waals surface area (Å²) in [5, 5.41) is 3.01. The largest absolute Gasteiger partial charge is 0.326 e. The van der Waals surface area contributed by atoms with E-state index in [1.165, 1.54) is 18.9 Å². The molecule has 0 unspecified atom stereocenters. The zero-order valence-corrected chi connectivity index (χ0v) is 16.2. The predicted octanol–water partition coefficient (Wildman–Crippen LogP) is 4.68. The molecule has 1 N–H and O–H groups in total. The Morgan fingerprint density at radius 2 is 1.82 bits per heavy atom. The van der Waals surface area contributed by atoms with E-state index in [1.807, 2.05) is 31.2 Å². The maximum absolute atomic E-state index is 14.1. The van der Waals surface area contributed by atoms with Gasteiger partial charge >= 0.3 is 6.03 Å². The third kappa shape index (κ3) is 3.08. The lowest BCUT2D eigenvalue weighted by Gasteiger charge is -2.40. The molecule has 2 aromatic rings. The van der Waals surface area contributed by atoms with E-state index in [0.717, 1.165) is 54.5 Å². The van der Waals surface area contributed by atoms with E-state index < -0.39 is 0 Å². The van der Waals surface area contributed by atoms with Crippen molar-refractivity contribution in [3.8, 4) is 0 Å². The van der Waals surface area contributed by atoms with Crippen LogP contribution in [0.4, 0.5) is 20.6 Å². The van der Waals surface area contributed by atoms with Crippen LogP contribution in [0.1, 0.15) is 36.8 Å². The van der Waals surface area contributed by atoms with Crippen molar-refractivity contribution in [1.82, 2.24) is 4.90 Å². The molecule has 2 heterocycles. The zero-order valence-electron chi connectivity index (χ0n) is 16.2. The molecule has 5 heteroatoms. The van der Waals surface area contributed by atoms with Crippen LogP contribution in [0.15, 0.2) is 42.5 Å². The van der Waals surface area contributed by atoms with Crippen LogP contribution in [0.2, 0.25) is 0 Å². The number of amides is 2. The molecule has 146 valence electrons. The summed E-state index contributed by atoms with van der Waals surface area (Å²) in [5.74, 6) is -0.219. The van der Waals surface area contributed by atoms with Crippen molar-refractivity contribution in [2.45, 2.75) is 44.1 Å². The van der Waals surface area contributed by atoms with Crippen molar-refractivity contribution in [3.63, 3.8) is 0 Å². The van der Waals surface area contributed by atoms with E-state index in [-0.39, 0.29) is 17.3 Å². The second kappa shape index (κ2) is 6.59. The summed E-state index contributed by atoms with van der Waals surface area (Å²) in [6, 6.07) is 13.3. The highest BCUT2D eigenvalue weighted by Crippen LogP contribution is 2.48. The molecule has 2 aromatic carbocycles.